The van der Waals surface area contributed by atoms with E-state index >= 15 is 0 Å². The Kier molecular flexibility index (Phi) is 5.46. The summed E-state index contributed by atoms with van der Waals surface area (Å²) in [5.74, 6) is 0.860. The minimum atomic E-state index is -3.65. The molecule has 152 valence electrons. The number of piperidine rings is 1. The van der Waals surface area contributed by atoms with Gasteiger partial charge in [-0.15, -0.1) is 0 Å². The van der Waals surface area contributed by atoms with E-state index in [0.717, 1.165) is 24.0 Å². The van der Waals surface area contributed by atoms with Gasteiger partial charge < -0.3 is 4.52 Å². The SMILES string of the molecule is Cc1ccc(-c2noc([C@@H]3CCCN(S(=O)(=O)c4cccc(Cl)c4C)C3)n2)cc1. The van der Waals surface area contributed by atoms with Gasteiger partial charge in [0.15, 0.2) is 0 Å². The number of benzene rings is 2. The largest absolute Gasteiger partial charge is 0.339 e. The van der Waals surface area contributed by atoms with Crippen LogP contribution >= 0.6 is 11.6 Å². The Morgan fingerprint density at radius 1 is 1.14 bits per heavy atom. The standard InChI is InChI=1S/C21H22ClN3O3S/c1-14-8-10-16(11-9-14)20-23-21(28-24-20)17-5-4-12-25(13-17)29(26,27)19-7-3-6-18(22)15(19)2/h3,6-11,17H,4-5,12-13H2,1-2H3/t17-/m1/s1. The molecule has 1 atom stereocenters. The van der Waals surface area contributed by atoms with Crippen molar-refractivity contribution in [3.05, 3.63) is 64.5 Å². The summed E-state index contributed by atoms with van der Waals surface area (Å²) in [5.41, 5.74) is 2.60. The fourth-order valence-corrected chi connectivity index (χ4v) is 5.59. The van der Waals surface area contributed by atoms with Crippen LogP contribution < -0.4 is 0 Å². The van der Waals surface area contributed by atoms with Crippen molar-refractivity contribution in [3.8, 4) is 11.4 Å². The number of hydrogen-bond donors (Lipinski definition) is 0. The number of halogens is 1. The zero-order valence-electron chi connectivity index (χ0n) is 16.3. The summed E-state index contributed by atoms with van der Waals surface area (Å²) in [4.78, 5) is 4.78. The van der Waals surface area contributed by atoms with Gasteiger partial charge in [-0.1, -0.05) is 52.7 Å². The fourth-order valence-electron chi connectivity index (χ4n) is 3.59. The monoisotopic (exact) mass is 431 g/mol. The van der Waals surface area contributed by atoms with Gasteiger partial charge in [0.1, 0.15) is 0 Å². The van der Waals surface area contributed by atoms with Crippen LogP contribution in [0.5, 0.6) is 0 Å². The molecule has 1 aliphatic heterocycles. The Balaban J connectivity index is 1.57. The number of hydrogen-bond acceptors (Lipinski definition) is 5. The van der Waals surface area contributed by atoms with E-state index in [9.17, 15) is 8.42 Å². The third-order valence-corrected chi connectivity index (χ3v) is 7.74. The molecule has 4 rings (SSSR count). The lowest BCUT2D eigenvalue weighted by molar-refractivity contribution is 0.265. The molecule has 0 saturated carbocycles. The van der Waals surface area contributed by atoms with Gasteiger partial charge in [0, 0.05) is 23.7 Å². The Bertz CT molecular complexity index is 1130. The summed E-state index contributed by atoms with van der Waals surface area (Å²) in [5, 5.41) is 4.53. The number of sulfonamides is 1. The lowest BCUT2D eigenvalue weighted by atomic mass is 10.00. The first-order chi connectivity index (χ1) is 13.9. The van der Waals surface area contributed by atoms with Crippen LogP contribution in [0.3, 0.4) is 0 Å². The predicted molar refractivity (Wildman–Crippen MR) is 111 cm³/mol. The highest BCUT2D eigenvalue weighted by Gasteiger charge is 2.34. The molecule has 1 aliphatic rings. The minimum absolute atomic E-state index is 0.135. The second-order valence-electron chi connectivity index (χ2n) is 7.39. The number of aromatic nitrogens is 2. The van der Waals surface area contributed by atoms with Gasteiger partial charge in [0.2, 0.25) is 21.7 Å². The predicted octanol–water partition coefficient (Wildman–Crippen LogP) is 4.58. The van der Waals surface area contributed by atoms with Crippen LogP contribution in [0.15, 0.2) is 51.9 Å². The smallest absolute Gasteiger partial charge is 0.243 e. The van der Waals surface area contributed by atoms with Gasteiger partial charge in [-0.2, -0.15) is 9.29 Å². The molecule has 0 radical (unpaired) electrons. The van der Waals surface area contributed by atoms with Crippen molar-refractivity contribution in [1.82, 2.24) is 14.4 Å². The fraction of sp³-hybridized carbons (Fsp3) is 0.333. The molecule has 29 heavy (non-hydrogen) atoms. The van der Waals surface area contributed by atoms with Gasteiger partial charge in [-0.05, 0) is 44.4 Å². The first kappa shape index (κ1) is 20.1. The van der Waals surface area contributed by atoms with Crippen LogP contribution in [0.25, 0.3) is 11.4 Å². The highest BCUT2D eigenvalue weighted by Crippen LogP contribution is 2.32. The van der Waals surface area contributed by atoms with Crippen molar-refractivity contribution in [3.63, 3.8) is 0 Å². The van der Waals surface area contributed by atoms with Crippen LogP contribution in [0.4, 0.5) is 0 Å². The van der Waals surface area contributed by atoms with Gasteiger partial charge >= 0.3 is 0 Å². The molecule has 2 aromatic carbocycles. The van der Waals surface area contributed by atoms with E-state index in [1.807, 2.05) is 31.2 Å². The third kappa shape index (κ3) is 3.95. The molecule has 0 spiro atoms. The molecular formula is C21H22ClN3O3S. The molecule has 0 unspecified atom stereocenters. The van der Waals surface area contributed by atoms with Gasteiger partial charge in [0.25, 0.3) is 0 Å². The van der Waals surface area contributed by atoms with Crippen molar-refractivity contribution >= 4 is 21.6 Å². The van der Waals surface area contributed by atoms with E-state index in [1.54, 1.807) is 25.1 Å². The molecule has 1 aromatic heterocycles. The summed E-state index contributed by atoms with van der Waals surface area (Å²) >= 11 is 6.14. The average Bonchev–Trinajstić information content (AvgIpc) is 3.21. The molecule has 1 saturated heterocycles. The quantitative estimate of drug-likeness (QED) is 0.604. The Morgan fingerprint density at radius 2 is 1.90 bits per heavy atom. The van der Waals surface area contributed by atoms with E-state index in [1.165, 1.54) is 4.31 Å². The highest BCUT2D eigenvalue weighted by molar-refractivity contribution is 7.89. The first-order valence-corrected chi connectivity index (χ1v) is 11.3. The lowest BCUT2D eigenvalue weighted by Crippen LogP contribution is -2.39. The Labute approximate surface area is 175 Å². The zero-order valence-corrected chi connectivity index (χ0v) is 17.9. The normalized spacial score (nSPS) is 18.1. The molecule has 0 bridgehead atoms. The van der Waals surface area contributed by atoms with Crippen molar-refractivity contribution in [1.29, 1.82) is 0 Å². The molecule has 0 amide bonds. The second kappa shape index (κ2) is 7.89. The first-order valence-electron chi connectivity index (χ1n) is 9.52. The summed E-state index contributed by atoms with van der Waals surface area (Å²) in [7, 11) is -3.65. The van der Waals surface area contributed by atoms with E-state index in [2.05, 4.69) is 10.1 Å². The van der Waals surface area contributed by atoms with Crippen molar-refractivity contribution < 1.29 is 12.9 Å². The molecule has 1 fully saturated rings. The number of rotatable bonds is 4. The Morgan fingerprint density at radius 3 is 2.66 bits per heavy atom. The molecule has 2 heterocycles. The molecule has 0 N–H and O–H groups in total. The van der Waals surface area contributed by atoms with Crippen LogP contribution in [-0.2, 0) is 10.0 Å². The summed E-state index contributed by atoms with van der Waals surface area (Å²) in [6, 6.07) is 12.8. The second-order valence-corrected chi connectivity index (χ2v) is 9.70. The topological polar surface area (TPSA) is 76.3 Å². The summed E-state index contributed by atoms with van der Waals surface area (Å²) < 4.78 is 33.4. The molecule has 6 nitrogen and oxygen atoms in total. The molecular weight excluding hydrogens is 410 g/mol. The van der Waals surface area contributed by atoms with E-state index in [-0.39, 0.29) is 10.8 Å². The molecule has 3 aromatic rings. The number of aryl methyl sites for hydroxylation is 1. The van der Waals surface area contributed by atoms with Crippen LogP contribution in [-0.4, -0.2) is 36.0 Å². The van der Waals surface area contributed by atoms with E-state index < -0.39 is 10.0 Å². The van der Waals surface area contributed by atoms with Crippen molar-refractivity contribution in [2.24, 2.45) is 0 Å². The molecule has 8 heteroatoms. The van der Waals surface area contributed by atoms with Gasteiger partial charge in [-0.25, -0.2) is 8.42 Å². The third-order valence-electron chi connectivity index (χ3n) is 5.32. The van der Waals surface area contributed by atoms with Gasteiger partial charge in [0.05, 0.1) is 10.8 Å². The van der Waals surface area contributed by atoms with Crippen LogP contribution in [0.1, 0.15) is 35.8 Å². The highest BCUT2D eigenvalue weighted by atomic mass is 35.5. The van der Waals surface area contributed by atoms with E-state index in [0.29, 0.717) is 35.4 Å². The van der Waals surface area contributed by atoms with Gasteiger partial charge in [-0.3, -0.25) is 0 Å². The summed E-state index contributed by atoms with van der Waals surface area (Å²) in [6.45, 7) is 4.51. The maximum Gasteiger partial charge on any atom is 0.243 e. The average molecular weight is 432 g/mol. The van der Waals surface area contributed by atoms with Crippen molar-refractivity contribution in [2.75, 3.05) is 13.1 Å². The zero-order chi connectivity index (χ0) is 20.6. The lowest BCUT2D eigenvalue weighted by Gasteiger charge is -2.30. The molecule has 0 aliphatic carbocycles. The maximum absolute atomic E-state index is 13.2. The van der Waals surface area contributed by atoms with Crippen molar-refractivity contribution in [2.45, 2.75) is 37.5 Å². The maximum atomic E-state index is 13.2. The minimum Gasteiger partial charge on any atom is -0.339 e. The number of nitrogens with zero attached hydrogens (tertiary/aromatic N) is 3. The van der Waals surface area contributed by atoms with Crippen LogP contribution in [0.2, 0.25) is 5.02 Å². The van der Waals surface area contributed by atoms with Crippen LogP contribution in [0, 0.1) is 13.8 Å². The Hall–Kier alpha value is -2.22. The summed E-state index contributed by atoms with van der Waals surface area (Å²) in [6.07, 6.45) is 1.53. The van der Waals surface area contributed by atoms with E-state index in [4.69, 9.17) is 16.1 Å².